The maximum Gasteiger partial charge on any atom is 0.271 e. The molecule has 0 aromatic heterocycles. The summed E-state index contributed by atoms with van der Waals surface area (Å²) >= 11 is 0. The number of hydrogen-bond donors (Lipinski definition) is 1. The highest BCUT2D eigenvalue weighted by atomic mass is 32.2. The lowest BCUT2D eigenvalue weighted by Crippen LogP contribution is -2.24. The number of rotatable bonds is 3. The largest absolute Gasteiger partial charge is 0.285 e. The van der Waals surface area contributed by atoms with E-state index in [1.54, 1.807) is 6.92 Å². The second-order valence-corrected chi connectivity index (χ2v) is 6.49. The van der Waals surface area contributed by atoms with Crippen molar-refractivity contribution in [2.45, 2.75) is 45.3 Å². The molecule has 0 radical (unpaired) electrons. The molecule has 0 aliphatic heterocycles. The Morgan fingerprint density at radius 3 is 2.56 bits per heavy atom. The van der Waals surface area contributed by atoms with Crippen LogP contribution >= 0.6 is 0 Å². The Morgan fingerprint density at radius 2 is 2.12 bits per heavy atom. The van der Waals surface area contributed by atoms with E-state index in [1.807, 2.05) is 13.8 Å². The fourth-order valence-electron chi connectivity index (χ4n) is 2.21. The van der Waals surface area contributed by atoms with Gasteiger partial charge in [0.2, 0.25) is 0 Å². The van der Waals surface area contributed by atoms with Crippen molar-refractivity contribution in [3.63, 3.8) is 0 Å². The molecule has 0 aromatic rings. The highest BCUT2D eigenvalue weighted by Gasteiger charge is 2.28. The summed E-state index contributed by atoms with van der Waals surface area (Å²) in [5.41, 5.74) is 3.05. The summed E-state index contributed by atoms with van der Waals surface area (Å²) in [5, 5.41) is -0.783. The van der Waals surface area contributed by atoms with Gasteiger partial charge in [-0.05, 0) is 46.0 Å². The quantitative estimate of drug-likeness (QED) is 0.613. The van der Waals surface area contributed by atoms with Crippen molar-refractivity contribution in [2.75, 3.05) is 0 Å². The summed E-state index contributed by atoms with van der Waals surface area (Å²) in [7, 11) is -3.97. The molecule has 0 heterocycles. The smallest absolute Gasteiger partial charge is 0.271 e. The molecule has 0 bridgehead atoms. The van der Waals surface area contributed by atoms with Crippen LogP contribution in [0, 0.1) is 5.92 Å². The highest BCUT2D eigenvalue weighted by Crippen LogP contribution is 2.35. The van der Waals surface area contributed by atoms with E-state index >= 15 is 0 Å². The van der Waals surface area contributed by atoms with Crippen molar-refractivity contribution < 1.29 is 13.0 Å². The van der Waals surface area contributed by atoms with Gasteiger partial charge in [0.1, 0.15) is 5.25 Å². The van der Waals surface area contributed by atoms with E-state index in [2.05, 4.69) is 6.58 Å². The van der Waals surface area contributed by atoms with Crippen LogP contribution in [0.5, 0.6) is 0 Å². The van der Waals surface area contributed by atoms with Gasteiger partial charge in [0.05, 0.1) is 0 Å². The summed E-state index contributed by atoms with van der Waals surface area (Å²) in [6.07, 6.45) is 2.64. The Balaban J connectivity index is 2.98. The molecule has 16 heavy (non-hydrogen) atoms. The fraction of sp³-hybridized carbons (Fsp3) is 0.667. The van der Waals surface area contributed by atoms with E-state index < -0.39 is 15.4 Å². The molecule has 92 valence electrons. The lowest BCUT2D eigenvalue weighted by Gasteiger charge is -2.28. The van der Waals surface area contributed by atoms with Crippen LogP contribution < -0.4 is 0 Å². The standard InChI is InChI=1S/C12H20O3S/c1-8(2)11-6-5-9(3)12(7-11)10(4)16(13,14)15/h10-11H,1,5-7H2,2-4H3,(H,13,14,15)/t10?,11-/m1/s1. The second-order valence-electron chi connectivity index (χ2n) is 4.75. The second kappa shape index (κ2) is 4.72. The molecule has 0 amide bonds. The van der Waals surface area contributed by atoms with E-state index in [-0.39, 0.29) is 0 Å². The van der Waals surface area contributed by atoms with Crippen LogP contribution in [0.25, 0.3) is 0 Å². The molecule has 1 N–H and O–H groups in total. The van der Waals surface area contributed by atoms with Gasteiger partial charge in [-0.2, -0.15) is 8.42 Å². The molecule has 1 unspecified atom stereocenters. The van der Waals surface area contributed by atoms with Gasteiger partial charge in [0, 0.05) is 0 Å². The Kier molecular flexibility index (Phi) is 3.97. The Hall–Kier alpha value is -0.610. The first-order valence-electron chi connectivity index (χ1n) is 5.53. The van der Waals surface area contributed by atoms with Crippen molar-refractivity contribution in [3.05, 3.63) is 23.3 Å². The topological polar surface area (TPSA) is 54.4 Å². The van der Waals surface area contributed by atoms with E-state index in [9.17, 15) is 8.42 Å². The van der Waals surface area contributed by atoms with Crippen molar-refractivity contribution in [2.24, 2.45) is 5.92 Å². The minimum absolute atomic E-state index is 0.350. The van der Waals surface area contributed by atoms with E-state index in [4.69, 9.17) is 4.55 Å². The summed E-state index contributed by atoms with van der Waals surface area (Å²) in [6, 6.07) is 0. The van der Waals surface area contributed by atoms with Crippen LogP contribution in [0.2, 0.25) is 0 Å². The summed E-state index contributed by atoms with van der Waals surface area (Å²) in [6.45, 7) is 9.40. The first-order chi connectivity index (χ1) is 7.23. The molecule has 1 aliphatic carbocycles. The lowest BCUT2D eigenvalue weighted by atomic mass is 9.80. The molecule has 4 heteroatoms. The third-order valence-electron chi connectivity index (χ3n) is 3.52. The molecule has 0 saturated heterocycles. The SMILES string of the molecule is C=C(C)[C@@H]1CCC(C)=C(C(C)S(=O)(=O)O)C1. The predicted octanol–water partition coefficient (Wildman–Crippen LogP) is 2.96. The zero-order valence-electron chi connectivity index (χ0n) is 10.2. The molecule has 0 saturated carbocycles. The minimum Gasteiger partial charge on any atom is -0.285 e. The van der Waals surface area contributed by atoms with Crippen molar-refractivity contribution in [1.29, 1.82) is 0 Å². The van der Waals surface area contributed by atoms with Crippen molar-refractivity contribution in [3.8, 4) is 0 Å². The third-order valence-corrected chi connectivity index (χ3v) is 4.69. The average molecular weight is 244 g/mol. The zero-order valence-corrected chi connectivity index (χ0v) is 11.0. The monoisotopic (exact) mass is 244 g/mol. The Morgan fingerprint density at radius 1 is 1.56 bits per heavy atom. The summed E-state index contributed by atoms with van der Waals surface area (Å²) < 4.78 is 31.4. The van der Waals surface area contributed by atoms with E-state index in [0.717, 1.165) is 29.6 Å². The molecule has 3 nitrogen and oxygen atoms in total. The van der Waals surface area contributed by atoms with Gasteiger partial charge in [-0.1, -0.05) is 23.3 Å². The normalized spacial score (nSPS) is 24.4. The molecule has 1 aliphatic rings. The summed E-state index contributed by atoms with van der Waals surface area (Å²) in [5.74, 6) is 0.350. The van der Waals surface area contributed by atoms with Crippen LogP contribution in [0.1, 0.15) is 40.0 Å². The first kappa shape index (κ1) is 13.5. The van der Waals surface area contributed by atoms with Crippen molar-refractivity contribution in [1.82, 2.24) is 0 Å². The molecule has 1 rings (SSSR count). The van der Waals surface area contributed by atoms with Gasteiger partial charge in [-0.15, -0.1) is 0 Å². The number of allylic oxidation sites excluding steroid dienone is 2. The highest BCUT2D eigenvalue weighted by molar-refractivity contribution is 7.86. The Labute approximate surface area is 98.0 Å². The van der Waals surface area contributed by atoms with E-state index in [1.165, 1.54) is 0 Å². The van der Waals surface area contributed by atoms with Gasteiger partial charge in [0.25, 0.3) is 10.1 Å². The minimum atomic E-state index is -3.97. The predicted molar refractivity (Wildman–Crippen MR) is 65.9 cm³/mol. The Bertz CT molecular complexity index is 418. The van der Waals surface area contributed by atoms with Crippen LogP contribution in [-0.4, -0.2) is 18.2 Å². The van der Waals surface area contributed by atoms with Crippen LogP contribution in [0.3, 0.4) is 0 Å². The average Bonchev–Trinajstić information content (AvgIpc) is 2.15. The molecular weight excluding hydrogens is 224 g/mol. The van der Waals surface area contributed by atoms with Gasteiger partial charge < -0.3 is 0 Å². The van der Waals surface area contributed by atoms with Gasteiger partial charge in [-0.25, -0.2) is 0 Å². The molecular formula is C12H20O3S. The maximum absolute atomic E-state index is 11.2. The van der Waals surface area contributed by atoms with E-state index in [0.29, 0.717) is 12.3 Å². The van der Waals surface area contributed by atoms with Crippen LogP contribution in [-0.2, 0) is 10.1 Å². The number of hydrogen-bond acceptors (Lipinski definition) is 2. The molecule has 2 atom stereocenters. The first-order valence-corrected chi connectivity index (χ1v) is 7.04. The molecule has 0 spiro atoms. The molecule has 0 aromatic carbocycles. The van der Waals surface area contributed by atoms with Gasteiger partial charge in [0.15, 0.2) is 0 Å². The molecule has 0 fully saturated rings. The van der Waals surface area contributed by atoms with Crippen LogP contribution in [0.15, 0.2) is 23.3 Å². The third kappa shape index (κ3) is 2.95. The van der Waals surface area contributed by atoms with Crippen LogP contribution in [0.4, 0.5) is 0 Å². The summed E-state index contributed by atoms with van der Waals surface area (Å²) in [4.78, 5) is 0. The maximum atomic E-state index is 11.2. The fourth-order valence-corrected chi connectivity index (χ4v) is 2.86. The lowest BCUT2D eigenvalue weighted by molar-refractivity contribution is 0.463. The van der Waals surface area contributed by atoms with Gasteiger partial charge in [-0.3, -0.25) is 4.55 Å². The zero-order chi connectivity index (χ0) is 12.5. The van der Waals surface area contributed by atoms with Gasteiger partial charge >= 0.3 is 0 Å². The van der Waals surface area contributed by atoms with Crippen molar-refractivity contribution >= 4 is 10.1 Å².